The fraction of sp³-hybridized carbons (Fsp3) is 0.312. The zero-order valence-corrected chi connectivity index (χ0v) is 12.4. The molecule has 0 saturated heterocycles. The molecule has 1 aromatic carbocycles. The van der Waals surface area contributed by atoms with Crippen LogP contribution < -0.4 is 16.6 Å². The van der Waals surface area contributed by atoms with Gasteiger partial charge in [0.05, 0.1) is 0 Å². The van der Waals surface area contributed by atoms with E-state index in [9.17, 15) is 14.4 Å². The van der Waals surface area contributed by atoms with E-state index < -0.39 is 11.2 Å². The number of benzene rings is 1. The third-order valence-corrected chi connectivity index (χ3v) is 3.44. The molecule has 2 aromatic rings. The number of aromatic nitrogens is 2. The van der Waals surface area contributed by atoms with Crippen molar-refractivity contribution in [3.8, 4) is 0 Å². The van der Waals surface area contributed by atoms with E-state index in [1.807, 2.05) is 30.3 Å². The molecule has 0 radical (unpaired) electrons. The van der Waals surface area contributed by atoms with Gasteiger partial charge < -0.3 is 10.3 Å². The lowest BCUT2D eigenvalue weighted by Gasteiger charge is -2.06. The highest BCUT2D eigenvalue weighted by atomic mass is 16.2. The SMILES string of the molecule is Cc1[nH]c(=O)[nH]c(=O)c1CCC(=O)NCCc1ccccc1. The Bertz CT molecular complexity index is 747. The number of rotatable bonds is 6. The van der Waals surface area contributed by atoms with E-state index in [0.717, 1.165) is 12.0 Å². The van der Waals surface area contributed by atoms with Crippen molar-refractivity contribution in [3.63, 3.8) is 0 Å². The van der Waals surface area contributed by atoms with Crippen molar-refractivity contribution >= 4 is 5.91 Å². The standard InChI is InChI=1S/C16H19N3O3/c1-11-13(15(21)19-16(22)18-11)7-8-14(20)17-10-9-12-5-3-2-4-6-12/h2-6H,7-10H2,1H3,(H,17,20)(H2,18,19,21,22). The number of aryl methyl sites for hydroxylation is 1. The minimum absolute atomic E-state index is 0.110. The van der Waals surface area contributed by atoms with E-state index >= 15 is 0 Å². The number of hydrogen-bond acceptors (Lipinski definition) is 3. The average molecular weight is 301 g/mol. The van der Waals surface area contributed by atoms with Gasteiger partial charge in [-0.2, -0.15) is 0 Å². The molecule has 1 heterocycles. The maximum Gasteiger partial charge on any atom is 0.325 e. The Balaban J connectivity index is 1.81. The third-order valence-electron chi connectivity index (χ3n) is 3.44. The van der Waals surface area contributed by atoms with E-state index in [1.54, 1.807) is 6.92 Å². The Labute approximate surface area is 127 Å². The van der Waals surface area contributed by atoms with Gasteiger partial charge in [-0.15, -0.1) is 0 Å². The third kappa shape index (κ3) is 4.44. The maximum absolute atomic E-state index is 11.8. The van der Waals surface area contributed by atoms with Crippen molar-refractivity contribution in [2.45, 2.75) is 26.2 Å². The van der Waals surface area contributed by atoms with Crippen LogP contribution in [0.15, 0.2) is 39.9 Å². The number of carbonyl (C=O) groups is 1. The van der Waals surface area contributed by atoms with Crippen LogP contribution in [-0.2, 0) is 17.6 Å². The molecule has 0 fully saturated rings. The van der Waals surface area contributed by atoms with E-state index in [0.29, 0.717) is 24.2 Å². The lowest BCUT2D eigenvalue weighted by atomic mass is 10.1. The van der Waals surface area contributed by atoms with Gasteiger partial charge in [0.1, 0.15) is 0 Å². The topological polar surface area (TPSA) is 94.8 Å². The largest absolute Gasteiger partial charge is 0.356 e. The molecule has 0 spiro atoms. The molecule has 2 rings (SSSR count). The van der Waals surface area contributed by atoms with E-state index in [1.165, 1.54) is 0 Å². The minimum atomic E-state index is -0.529. The molecular formula is C16H19N3O3. The summed E-state index contributed by atoms with van der Waals surface area (Å²) in [5.41, 5.74) is 1.15. The van der Waals surface area contributed by atoms with Gasteiger partial charge in [0.2, 0.25) is 5.91 Å². The number of aromatic amines is 2. The molecule has 0 bridgehead atoms. The molecule has 0 unspecified atom stereocenters. The van der Waals surface area contributed by atoms with Crippen molar-refractivity contribution in [2.24, 2.45) is 0 Å². The molecule has 1 amide bonds. The lowest BCUT2D eigenvalue weighted by Crippen LogP contribution is -2.29. The second-order valence-corrected chi connectivity index (χ2v) is 5.10. The monoisotopic (exact) mass is 301 g/mol. The van der Waals surface area contributed by atoms with E-state index in [2.05, 4.69) is 15.3 Å². The first-order valence-corrected chi connectivity index (χ1v) is 7.19. The molecule has 6 heteroatoms. The number of carbonyl (C=O) groups excluding carboxylic acids is 1. The van der Waals surface area contributed by atoms with Gasteiger partial charge in [0, 0.05) is 24.2 Å². The molecule has 1 aromatic heterocycles. The summed E-state index contributed by atoms with van der Waals surface area (Å²) >= 11 is 0. The van der Waals surface area contributed by atoms with Crippen LogP contribution in [0.1, 0.15) is 23.2 Å². The predicted molar refractivity (Wildman–Crippen MR) is 83.9 cm³/mol. The molecule has 0 saturated carbocycles. The summed E-state index contributed by atoms with van der Waals surface area (Å²) in [6, 6.07) is 9.89. The first-order chi connectivity index (χ1) is 10.6. The molecule has 6 nitrogen and oxygen atoms in total. The fourth-order valence-electron chi connectivity index (χ4n) is 2.24. The van der Waals surface area contributed by atoms with E-state index in [4.69, 9.17) is 0 Å². The van der Waals surface area contributed by atoms with Gasteiger partial charge >= 0.3 is 5.69 Å². The number of nitrogens with one attached hydrogen (secondary N) is 3. The molecular weight excluding hydrogens is 282 g/mol. The molecule has 0 aliphatic rings. The van der Waals surface area contributed by atoms with Gasteiger partial charge in [-0.1, -0.05) is 30.3 Å². The highest BCUT2D eigenvalue weighted by Gasteiger charge is 2.08. The first kappa shape index (κ1) is 15.8. The van der Waals surface area contributed by atoms with Gasteiger partial charge in [-0.3, -0.25) is 14.6 Å². The normalized spacial score (nSPS) is 10.4. The van der Waals surface area contributed by atoms with Crippen molar-refractivity contribution in [1.29, 1.82) is 0 Å². The Morgan fingerprint density at radius 3 is 2.50 bits per heavy atom. The van der Waals surface area contributed by atoms with Crippen LogP contribution in [-0.4, -0.2) is 22.4 Å². The van der Waals surface area contributed by atoms with Crippen LogP contribution in [0, 0.1) is 6.92 Å². The van der Waals surface area contributed by atoms with Gasteiger partial charge in [-0.25, -0.2) is 4.79 Å². The lowest BCUT2D eigenvalue weighted by molar-refractivity contribution is -0.121. The predicted octanol–water partition coefficient (Wildman–Crippen LogP) is 0.663. The second kappa shape index (κ2) is 7.40. The Hall–Kier alpha value is -2.63. The van der Waals surface area contributed by atoms with Crippen molar-refractivity contribution in [1.82, 2.24) is 15.3 Å². The molecule has 0 aliphatic heterocycles. The highest BCUT2D eigenvalue weighted by molar-refractivity contribution is 5.76. The number of hydrogen-bond donors (Lipinski definition) is 3. The molecule has 0 atom stereocenters. The van der Waals surface area contributed by atoms with Crippen molar-refractivity contribution < 1.29 is 4.79 Å². The Morgan fingerprint density at radius 1 is 1.09 bits per heavy atom. The van der Waals surface area contributed by atoms with Crippen LogP contribution >= 0.6 is 0 Å². The van der Waals surface area contributed by atoms with Crippen LogP contribution in [0.4, 0.5) is 0 Å². The summed E-state index contributed by atoms with van der Waals surface area (Å²) < 4.78 is 0. The van der Waals surface area contributed by atoms with Crippen LogP contribution in [0.2, 0.25) is 0 Å². The van der Waals surface area contributed by atoms with Crippen LogP contribution in [0.5, 0.6) is 0 Å². The van der Waals surface area contributed by atoms with Gasteiger partial charge in [0.15, 0.2) is 0 Å². The van der Waals surface area contributed by atoms with Crippen molar-refractivity contribution in [3.05, 3.63) is 68.0 Å². The minimum Gasteiger partial charge on any atom is -0.356 e. The summed E-state index contributed by atoms with van der Waals surface area (Å²) in [7, 11) is 0. The summed E-state index contributed by atoms with van der Waals surface area (Å²) in [4.78, 5) is 39.2. The number of H-pyrrole nitrogens is 2. The van der Waals surface area contributed by atoms with Crippen LogP contribution in [0.25, 0.3) is 0 Å². The summed E-state index contributed by atoms with van der Waals surface area (Å²) in [5.74, 6) is -0.110. The summed E-state index contributed by atoms with van der Waals surface area (Å²) in [6.45, 7) is 2.21. The molecule has 116 valence electrons. The van der Waals surface area contributed by atoms with Gasteiger partial charge in [0.25, 0.3) is 5.56 Å². The van der Waals surface area contributed by atoms with Crippen LogP contribution in [0.3, 0.4) is 0 Å². The molecule has 22 heavy (non-hydrogen) atoms. The van der Waals surface area contributed by atoms with E-state index in [-0.39, 0.29) is 12.3 Å². The number of amides is 1. The molecule has 3 N–H and O–H groups in total. The average Bonchev–Trinajstić information content (AvgIpc) is 2.47. The second-order valence-electron chi connectivity index (χ2n) is 5.10. The maximum atomic E-state index is 11.8. The van der Waals surface area contributed by atoms with Crippen molar-refractivity contribution in [2.75, 3.05) is 6.54 Å². The first-order valence-electron chi connectivity index (χ1n) is 7.19. The summed E-state index contributed by atoms with van der Waals surface area (Å²) in [6.07, 6.45) is 1.28. The Kier molecular flexibility index (Phi) is 5.30. The molecule has 0 aliphatic carbocycles. The zero-order valence-electron chi connectivity index (χ0n) is 12.4. The Morgan fingerprint density at radius 2 is 1.82 bits per heavy atom. The smallest absolute Gasteiger partial charge is 0.325 e. The highest BCUT2D eigenvalue weighted by Crippen LogP contribution is 2.01. The zero-order chi connectivity index (χ0) is 15.9. The van der Waals surface area contributed by atoms with Gasteiger partial charge in [-0.05, 0) is 25.3 Å². The quantitative estimate of drug-likeness (QED) is 0.731. The fourth-order valence-corrected chi connectivity index (χ4v) is 2.24. The summed E-state index contributed by atoms with van der Waals surface area (Å²) in [5, 5.41) is 2.83.